The Bertz CT molecular complexity index is 950. The molecule has 126 valence electrons. The number of nitrogens with zero attached hydrogens (tertiary/aromatic N) is 4. The second-order valence-electron chi connectivity index (χ2n) is 5.37. The third kappa shape index (κ3) is 3.52. The van der Waals surface area contributed by atoms with E-state index in [0.29, 0.717) is 23.8 Å². The maximum absolute atomic E-state index is 12.2. The first-order valence-electron chi connectivity index (χ1n) is 7.45. The summed E-state index contributed by atoms with van der Waals surface area (Å²) in [6, 6.07) is 10.3. The molecule has 9 heteroatoms. The van der Waals surface area contributed by atoms with Gasteiger partial charge in [-0.1, -0.05) is 17.7 Å². The van der Waals surface area contributed by atoms with Crippen LogP contribution in [0.15, 0.2) is 41.3 Å². The van der Waals surface area contributed by atoms with Crippen molar-refractivity contribution in [1.29, 1.82) is 0 Å². The topological polar surface area (TPSA) is 101 Å². The number of nitrogens with one attached hydrogen (secondary N) is 2. The normalized spacial score (nSPS) is 11.8. The Balaban J connectivity index is 1.57. The van der Waals surface area contributed by atoms with Gasteiger partial charge in [0, 0.05) is 13.1 Å². The SMILES string of the molecule is Cc1ccc(S(=O)(=O)NCCNc2ccc3nnc(C)n3n2)cc1. The Labute approximate surface area is 140 Å². The molecule has 2 heterocycles. The zero-order chi connectivity index (χ0) is 17.2. The summed E-state index contributed by atoms with van der Waals surface area (Å²) in [5.74, 6) is 1.31. The van der Waals surface area contributed by atoms with Crippen LogP contribution < -0.4 is 10.0 Å². The van der Waals surface area contributed by atoms with Gasteiger partial charge in [-0.3, -0.25) is 0 Å². The van der Waals surface area contributed by atoms with E-state index in [2.05, 4.69) is 25.3 Å². The lowest BCUT2D eigenvalue weighted by molar-refractivity contribution is 0.583. The van der Waals surface area contributed by atoms with Crippen LogP contribution in [-0.4, -0.2) is 41.3 Å². The summed E-state index contributed by atoms with van der Waals surface area (Å²) in [6.07, 6.45) is 0. The molecule has 0 saturated carbocycles. The van der Waals surface area contributed by atoms with Gasteiger partial charge in [-0.05, 0) is 38.1 Å². The molecule has 3 rings (SSSR count). The number of benzene rings is 1. The van der Waals surface area contributed by atoms with Crippen LogP contribution in [0.25, 0.3) is 5.65 Å². The predicted octanol–water partition coefficient (Wildman–Crippen LogP) is 1.13. The Morgan fingerprint density at radius 1 is 1.00 bits per heavy atom. The fourth-order valence-corrected chi connectivity index (χ4v) is 3.20. The van der Waals surface area contributed by atoms with Crippen molar-refractivity contribution in [2.24, 2.45) is 0 Å². The summed E-state index contributed by atoms with van der Waals surface area (Å²) in [6.45, 7) is 4.38. The highest BCUT2D eigenvalue weighted by molar-refractivity contribution is 7.89. The largest absolute Gasteiger partial charge is 0.367 e. The fourth-order valence-electron chi connectivity index (χ4n) is 2.17. The Morgan fingerprint density at radius 2 is 1.75 bits per heavy atom. The maximum Gasteiger partial charge on any atom is 0.240 e. The van der Waals surface area contributed by atoms with Gasteiger partial charge >= 0.3 is 0 Å². The Hall–Kier alpha value is -2.52. The highest BCUT2D eigenvalue weighted by Gasteiger charge is 2.12. The molecule has 0 fully saturated rings. The summed E-state index contributed by atoms with van der Waals surface area (Å²) in [4.78, 5) is 0.257. The molecular weight excluding hydrogens is 328 g/mol. The van der Waals surface area contributed by atoms with Crippen molar-refractivity contribution in [2.45, 2.75) is 18.7 Å². The molecular formula is C15H18N6O2S. The van der Waals surface area contributed by atoms with Crippen molar-refractivity contribution in [1.82, 2.24) is 24.5 Å². The maximum atomic E-state index is 12.2. The van der Waals surface area contributed by atoms with E-state index in [1.807, 2.05) is 13.8 Å². The van der Waals surface area contributed by atoms with Crippen LogP contribution >= 0.6 is 0 Å². The molecule has 3 aromatic rings. The van der Waals surface area contributed by atoms with Crippen LogP contribution in [0.1, 0.15) is 11.4 Å². The monoisotopic (exact) mass is 346 g/mol. The number of anilines is 1. The molecule has 8 nitrogen and oxygen atoms in total. The number of sulfonamides is 1. The average molecular weight is 346 g/mol. The molecule has 24 heavy (non-hydrogen) atoms. The predicted molar refractivity (Wildman–Crippen MR) is 90.4 cm³/mol. The van der Waals surface area contributed by atoms with Crippen molar-refractivity contribution in [3.8, 4) is 0 Å². The van der Waals surface area contributed by atoms with E-state index in [4.69, 9.17) is 0 Å². The molecule has 0 aliphatic rings. The molecule has 1 aromatic carbocycles. The van der Waals surface area contributed by atoms with Crippen LogP contribution in [0.3, 0.4) is 0 Å². The lowest BCUT2D eigenvalue weighted by Gasteiger charge is -2.08. The first-order valence-corrected chi connectivity index (χ1v) is 8.93. The third-order valence-corrected chi connectivity index (χ3v) is 4.95. The molecule has 0 amide bonds. The molecule has 0 saturated heterocycles. The smallest absolute Gasteiger partial charge is 0.240 e. The van der Waals surface area contributed by atoms with Crippen molar-refractivity contribution in [2.75, 3.05) is 18.4 Å². The summed E-state index contributed by atoms with van der Waals surface area (Å²) < 4.78 is 28.5. The second-order valence-corrected chi connectivity index (χ2v) is 7.14. The van der Waals surface area contributed by atoms with E-state index in [-0.39, 0.29) is 11.4 Å². The van der Waals surface area contributed by atoms with E-state index in [1.165, 1.54) is 0 Å². The highest BCUT2D eigenvalue weighted by Crippen LogP contribution is 2.10. The standard InChI is InChI=1S/C15H18N6O2S/c1-11-3-5-13(6-4-11)24(22,23)17-10-9-16-14-7-8-15-19-18-12(2)21(15)20-14/h3-8,17H,9-10H2,1-2H3,(H,16,20). The average Bonchev–Trinajstić information content (AvgIpc) is 2.93. The van der Waals surface area contributed by atoms with Gasteiger partial charge in [0.2, 0.25) is 10.0 Å². The van der Waals surface area contributed by atoms with Crippen molar-refractivity contribution >= 4 is 21.5 Å². The van der Waals surface area contributed by atoms with Crippen molar-refractivity contribution in [3.63, 3.8) is 0 Å². The van der Waals surface area contributed by atoms with Gasteiger partial charge in [0.1, 0.15) is 5.82 Å². The highest BCUT2D eigenvalue weighted by atomic mass is 32.2. The van der Waals surface area contributed by atoms with Crippen LogP contribution in [0.4, 0.5) is 5.82 Å². The molecule has 0 aliphatic carbocycles. The summed E-state index contributed by atoms with van der Waals surface area (Å²) >= 11 is 0. The van der Waals surface area contributed by atoms with Gasteiger partial charge in [-0.15, -0.1) is 15.3 Å². The number of aromatic nitrogens is 4. The Morgan fingerprint density at radius 3 is 2.50 bits per heavy atom. The lowest BCUT2D eigenvalue weighted by atomic mass is 10.2. The van der Waals surface area contributed by atoms with E-state index < -0.39 is 10.0 Å². The number of rotatable bonds is 6. The molecule has 0 atom stereocenters. The molecule has 0 radical (unpaired) electrons. The zero-order valence-corrected chi connectivity index (χ0v) is 14.2. The minimum atomic E-state index is -3.50. The summed E-state index contributed by atoms with van der Waals surface area (Å²) in [5, 5.41) is 15.3. The first-order chi connectivity index (χ1) is 11.5. The summed E-state index contributed by atoms with van der Waals surface area (Å²) in [7, 11) is -3.50. The number of hydrogen-bond donors (Lipinski definition) is 2. The molecule has 0 unspecified atom stereocenters. The van der Waals surface area contributed by atoms with Crippen LogP contribution in [-0.2, 0) is 10.0 Å². The molecule has 0 spiro atoms. The molecule has 0 aliphatic heterocycles. The van der Waals surface area contributed by atoms with Gasteiger partial charge in [0.25, 0.3) is 0 Å². The van der Waals surface area contributed by atoms with Gasteiger partial charge < -0.3 is 5.32 Å². The molecule has 0 bridgehead atoms. The third-order valence-electron chi connectivity index (χ3n) is 3.47. The van der Waals surface area contributed by atoms with Gasteiger partial charge in [0.15, 0.2) is 11.5 Å². The van der Waals surface area contributed by atoms with Gasteiger partial charge in [0.05, 0.1) is 4.90 Å². The van der Waals surface area contributed by atoms with Crippen LogP contribution in [0.5, 0.6) is 0 Å². The van der Waals surface area contributed by atoms with E-state index >= 15 is 0 Å². The van der Waals surface area contributed by atoms with Gasteiger partial charge in [-0.25, -0.2) is 13.1 Å². The second kappa shape index (κ2) is 6.54. The minimum absolute atomic E-state index is 0.247. The summed E-state index contributed by atoms with van der Waals surface area (Å²) in [5.41, 5.74) is 1.68. The number of aryl methyl sites for hydroxylation is 2. The Kier molecular flexibility index (Phi) is 4.45. The first kappa shape index (κ1) is 16.3. The molecule has 2 aromatic heterocycles. The van der Waals surface area contributed by atoms with Crippen molar-refractivity contribution < 1.29 is 8.42 Å². The van der Waals surface area contributed by atoms with Crippen molar-refractivity contribution in [3.05, 3.63) is 47.8 Å². The minimum Gasteiger partial charge on any atom is -0.367 e. The fraction of sp³-hybridized carbons (Fsp3) is 0.267. The van der Waals surface area contributed by atoms with E-state index in [0.717, 1.165) is 5.56 Å². The lowest BCUT2D eigenvalue weighted by Crippen LogP contribution is -2.29. The van der Waals surface area contributed by atoms with Crippen LogP contribution in [0.2, 0.25) is 0 Å². The zero-order valence-electron chi connectivity index (χ0n) is 13.4. The molecule has 2 N–H and O–H groups in total. The number of fused-ring (bicyclic) bond motifs is 1. The van der Waals surface area contributed by atoms with Gasteiger partial charge in [-0.2, -0.15) is 4.52 Å². The van der Waals surface area contributed by atoms with E-state index in [9.17, 15) is 8.42 Å². The van der Waals surface area contributed by atoms with E-state index in [1.54, 1.807) is 40.9 Å². The number of hydrogen-bond acceptors (Lipinski definition) is 6. The quantitative estimate of drug-likeness (QED) is 0.649. The van der Waals surface area contributed by atoms with Crippen LogP contribution in [0, 0.1) is 13.8 Å².